The first kappa shape index (κ1) is 21.3. The van der Waals surface area contributed by atoms with Crippen molar-refractivity contribution in [2.75, 3.05) is 0 Å². The topological polar surface area (TPSA) is 0 Å². The van der Waals surface area contributed by atoms with E-state index >= 15 is 0 Å². The summed E-state index contributed by atoms with van der Waals surface area (Å²) in [7, 11) is 0. The smallest absolute Gasteiger partial charge is 0.236 e. The van der Waals surface area contributed by atoms with Crippen molar-refractivity contribution in [2.24, 2.45) is 5.92 Å². The molecule has 1 saturated carbocycles. The molecule has 3 heteroatoms. The third-order valence-electron chi connectivity index (χ3n) is 5.97. The van der Waals surface area contributed by atoms with Crippen LogP contribution in [0, 0.1) is 5.92 Å². The lowest BCUT2D eigenvalue weighted by molar-refractivity contribution is -0.0807. The monoisotopic (exact) mass is 368 g/mol. The van der Waals surface area contributed by atoms with Crippen LogP contribution in [0.4, 0.5) is 13.2 Å². The van der Waals surface area contributed by atoms with Crippen LogP contribution in [0.3, 0.4) is 0 Å². The molecule has 2 rings (SSSR count). The van der Waals surface area contributed by atoms with Crippen LogP contribution in [-0.4, -0.2) is 5.92 Å². The lowest BCUT2D eigenvalue weighted by Gasteiger charge is -2.29. The molecule has 1 atom stereocenters. The van der Waals surface area contributed by atoms with Crippen molar-refractivity contribution in [3.8, 4) is 0 Å². The summed E-state index contributed by atoms with van der Waals surface area (Å²) in [6.45, 7) is 3.90. The van der Waals surface area contributed by atoms with E-state index in [0.717, 1.165) is 5.92 Å². The maximum Gasteiger partial charge on any atom is 0.282 e. The highest BCUT2D eigenvalue weighted by Crippen LogP contribution is 2.41. The zero-order valence-electron chi connectivity index (χ0n) is 16.5. The molecule has 0 aliphatic heterocycles. The summed E-state index contributed by atoms with van der Waals surface area (Å²) >= 11 is 0. The van der Waals surface area contributed by atoms with Crippen molar-refractivity contribution in [3.63, 3.8) is 0 Å². The quantitative estimate of drug-likeness (QED) is 0.364. The largest absolute Gasteiger partial charge is 0.282 e. The second-order valence-electron chi connectivity index (χ2n) is 8.11. The molecule has 0 aromatic heterocycles. The SMILES string of the molecule is CCCCCCC1CCC(c2ccc(C(F)C(F)(F)CCC)cc2)CC1. The first-order valence-corrected chi connectivity index (χ1v) is 10.6. The van der Waals surface area contributed by atoms with Gasteiger partial charge in [0.25, 0.3) is 5.92 Å². The van der Waals surface area contributed by atoms with Crippen LogP contribution in [0.15, 0.2) is 24.3 Å². The standard InChI is InChI=1S/C23H35F3/c1-3-5-6-7-8-18-9-11-19(12-10-18)20-13-15-21(16-14-20)22(24)23(25,26)17-4-2/h13-16,18-19,22H,3-12,17H2,1-2H3. The minimum atomic E-state index is -3.27. The van der Waals surface area contributed by atoms with Gasteiger partial charge < -0.3 is 0 Å². The Morgan fingerprint density at radius 1 is 0.923 bits per heavy atom. The molecule has 1 aromatic rings. The van der Waals surface area contributed by atoms with Crippen LogP contribution in [0.5, 0.6) is 0 Å². The highest BCUT2D eigenvalue weighted by Gasteiger charge is 2.40. The molecule has 0 heterocycles. The predicted molar refractivity (Wildman–Crippen MR) is 104 cm³/mol. The Balaban J connectivity index is 1.84. The van der Waals surface area contributed by atoms with E-state index in [1.165, 1.54) is 63.4 Å². The van der Waals surface area contributed by atoms with Crippen LogP contribution in [0.2, 0.25) is 0 Å². The highest BCUT2D eigenvalue weighted by molar-refractivity contribution is 5.28. The number of rotatable bonds is 10. The molecule has 148 valence electrons. The van der Waals surface area contributed by atoms with E-state index in [1.54, 1.807) is 19.1 Å². The van der Waals surface area contributed by atoms with Gasteiger partial charge >= 0.3 is 0 Å². The molecule has 0 bridgehead atoms. The molecule has 0 spiro atoms. The average Bonchev–Trinajstić information content (AvgIpc) is 2.65. The number of halogens is 3. The number of benzene rings is 1. The minimum absolute atomic E-state index is 0.108. The van der Waals surface area contributed by atoms with Crippen molar-refractivity contribution >= 4 is 0 Å². The predicted octanol–water partition coefficient (Wildman–Crippen LogP) is 8.38. The van der Waals surface area contributed by atoms with E-state index in [4.69, 9.17) is 0 Å². The van der Waals surface area contributed by atoms with Gasteiger partial charge in [-0.2, -0.15) is 0 Å². The van der Waals surface area contributed by atoms with Gasteiger partial charge in [-0.3, -0.25) is 0 Å². The normalized spacial score (nSPS) is 22.3. The van der Waals surface area contributed by atoms with Gasteiger partial charge in [0.2, 0.25) is 0 Å². The van der Waals surface area contributed by atoms with E-state index in [0.29, 0.717) is 5.92 Å². The van der Waals surface area contributed by atoms with E-state index in [2.05, 4.69) is 6.92 Å². The summed E-state index contributed by atoms with van der Waals surface area (Å²) in [5, 5.41) is 0. The average molecular weight is 369 g/mol. The van der Waals surface area contributed by atoms with E-state index in [1.807, 2.05) is 12.1 Å². The molecule has 26 heavy (non-hydrogen) atoms. The summed E-state index contributed by atoms with van der Waals surface area (Å²) in [6.07, 6.45) is 9.22. The number of unbranched alkanes of at least 4 members (excludes halogenated alkanes) is 3. The Bertz CT molecular complexity index is 501. The van der Waals surface area contributed by atoms with Gasteiger partial charge in [-0.15, -0.1) is 0 Å². The molecule has 1 unspecified atom stereocenters. The lowest BCUT2D eigenvalue weighted by atomic mass is 9.77. The summed E-state index contributed by atoms with van der Waals surface area (Å²) in [6, 6.07) is 6.88. The molecular weight excluding hydrogens is 333 g/mol. The van der Waals surface area contributed by atoms with E-state index in [-0.39, 0.29) is 12.0 Å². The van der Waals surface area contributed by atoms with Gasteiger partial charge in [0, 0.05) is 6.42 Å². The summed E-state index contributed by atoms with van der Waals surface area (Å²) < 4.78 is 41.7. The van der Waals surface area contributed by atoms with Crippen molar-refractivity contribution in [2.45, 2.75) is 102 Å². The van der Waals surface area contributed by atoms with Crippen LogP contribution < -0.4 is 0 Å². The fourth-order valence-corrected chi connectivity index (χ4v) is 4.29. The maximum atomic E-state index is 14.1. The van der Waals surface area contributed by atoms with Gasteiger partial charge in [0.05, 0.1) is 0 Å². The van der Waals surface area contributed by atoms with Crippen LogP contribution >= 0.6 is 0 Å². The molecule has 1 fully saturated rings. The van der Waals surface area contributed by atoms with Gasteiger partial charge in [0.15, 0.2) is 6.17 Å². The Kier molecular flexibility index (Phi) is 8.50. The Labute approximate surface area is 157 Å². The van der Waals surface area contributed by atoms with Crippen LogP contribution in [-0.2, 0) is 0 Å². The molecule has 0 N–H and O–H groups in total. The van der Waals surface area contributed by atoms with Crippen LogP contribution in [0.1, 0.15) is 108 Å². The number of hydrogen-bond donors (Lipinski definition) is 0. The first-order valence-electron chi connectivity index (χ1n) is 10.6. The molecule has 0 amide bonds. The summed E-state index contributed by atoms with van der Waals surface area (Å²) in [5.74, 6) is -1.91. The van der Waals surface area contributed by atoms with Crippen molar-refractivity contribution in [1.29, 1.82) is 0 Å². The van der Waals surface area contributed by atoms with Gasteiger partial charge in [0.1, 0.15) is 0 Å². The molecule has 1 aliphatic rings. The molecule has 1 aliphatic carbocycles. The molecule has 1 aromatic carbocycles. The zero-order chi connectivity index (χ0) is 19.0. The summed E-state index contributed by atoms with van der Waals surface area (Å²) in [5.41, 5.74) is 1.29. The van der Waals surface area contributed by atoms with Crippen molar-refractivity contribution < 1.29 is 13.2 Å². The highest BCUT2D eigenvalue weighted by atomic mass is 19.3. The van der Waals surface area contributed by atoms with Crippen molar-refractivity contribution in [3.05, 3.63) is 35.4 Å². The van der Waals surface area contributed by atoms with Gasteiger partial charge in [-0.25, -0.2) is 13.2 Å². The zero-order valence-corrected chi connectivity index (χ0v) is 16.5. The fourth-order valence-electron chi connectivity index (χ4n) is 4.29. The number of alkyl halides is 3. The lowest BCUT2D eigenvalue weighted by Crippen LogP contribution is -2.23. The van der Waals surface area contributed by atoms with E-state index in [9.17, 15) is 13.2 Å². The molecular formula is C23H35F3. The third kappa shape index (κ3) is 6.03. The van der Waals surface area contributed by atoms with Crippen molar-refractivity contribution in [1.82, 2.24) is 0 Å². The Hall–Kier alpha value is -0.990. The number of hydrogen-bond acceptors (Lipinski definition) is 0. The minimum Gasteiger partial charge on any atom is -0.236 e. The summed E-state index contributed by atoms with van der Waals surface area (Å²) in [4.78, 5) is 0. The second-order valence-corrected chi connectivity index (χ2v) is 8.11. The Morgan fingerprint density at radius 3 is 2.15 bits per heavy atom. The molecule has 0 radical (unpaired) electrons. The van der Waals surface area contributed by atoms with Gasteiger partial charge in [-0.05, 0) is 48.6 Å². The molecule has 0 saturated heterocycles. The van der Waals surface area contributed by atoms with Gasteiger partial charge in [-0.1, -0.05) is 76.6 Å². The first-order chi connectivity index (χ1) is 12.5. The Morgan fingerprint density at radius 2 is 1.58 bits per heavy atom. The third-order valence-corrected chi connectivity index (χ3v) is 5.97. The van der Waals surface area contributed by atoms with E-state index < -0.39 is 18.5 Å². The molecule has 0 nitrogen and oxygen atoms in total. The fraction of sp³-hybridized carbons (Fsp3) is 0.739. The van der Waals surface area contributed by atoms with Crippen LogP contribution in [0.25, 0.3) is 0 Å². The maximum absolute atomic E-state index is 14.1. The second kappa shape index (κ2) is 10.4.